The maximum atomic E-state index is 12.2. The topological polar surface area (TPSA) is 33.1 Å². The Morgan fingerprint density at radius 3 is 2.69 bits per heavy atom. The monoisotopic (exact) mass is 271 g/mol. The van der Waals surface area contributed by atoms with Crippen molar-refractivity contribution in [1.29, 1.82) is 0 Å². The van der Waals surface area contributed by atoms with Gasteiger partial charge in [0.1, 0.15) is 0 Å². The molecule has 0 aliphatic heterocycles. The lowest BCUT2D eigenvalue weighted by atomic mass is 10.2. The van der Waals surface area contributed by atoms with Crippen molar-refractivity contribution < 1.29 is 13.9 Å². The molecule has 1 aromatic heterocycles. The molecule has 0 radical (unpaired) electrons. The first-order valence-corrected chi connectivity index (χ1v) is 4.78. The Hall–Kier alpha value is -0.420. The Morgan fingerprint density at radius 2 is 2.23 bits per heavy atom. The zero-order valence-electron chi connectivity index (χ0n) is 6.27. The summed E-state index contributed by atoms with van der Waals surface area (Å²) in [6, 6.07) is 0. The Balaban J connectivity index is 3.23. The van der Waals surface area contributed by atoms with Crippen LogP contribution in [0.4, 0.5) is 8.78 Å². The van der Waals surface area contributed by atoms with Crippen LogP contribution in [-0.4, -0.2) is 10.1 Å². The minimum atomic E-state index is -2.73. The van der Waals surface area contributed by atoms with Crippen LogP contribution < -0.4 is 0 Å². The van der Waals surface area contributed by atoms with Crippen LogP contribution in [0, 0.1) is 0 Å². The summed E-state index contributed by atoms with van der Waals surface area (Å²) < 4.78 is 24.4. The Labute approximate surface area is 86.7 Å². The van der Waals surface area contributed by atoms with E-state index < -0.39 is 17.7 Å². The molecule has 0 aliphatic carbocycles. The van der Waals surface area contributed by atoms with Crippen LogP contribution >= 0.6 is 27.5 Å². The number of nitrogens with zero attached hydrogens (tertiary/aromatic N) is 1. The highest BCUT2D eigenvalue weighted by Crippen LogP contribution is 2.35. The zero-order chi connectivity index (χ0) is 10.0. The van der Waals surface area contributed by atoms with Gasteiger partial charge in [-0.15, -0.1) is 0 Å². The van der Waals surface area contributed by atoms with E-state index in [1.54, 1.807) is 0 Å². The lowest BCUT2D eigenvalue weighted by molar-refractivity contribution is 0.150. The molecular formula is C7H5BrClF2NO. The normalized spacial score (nSPS) is 10.8. The van der Waals surface area contributed by atoms with E-state index in [-0.39, 0.29) is 16.0 Å². The number of hydrogen-bond donors (Lipinski definition) is 1. The van der Waals surface area contributed by atoms with Gasteiger partial charge in [0.15, 0.2) is 5.75 Å². The van der Waals surface area contributed by atoms with Gasteiger partial charge in [-0.3, -0.25) is 4.98 Å². The standard InChI is InChI=1S/C7H5BrClF2NO/c8-1-4-6(13)5(9)3(2-12-4)7(10)11/h2,7,13H,1H2. The number of aromatic nitrogens is 1. The van der Waals surface area contributed by atoms with Gasteiger partial charge in [0.2, 0.25) is 0 Å². The molecule has 0 amide bonds. The molecule has 0 saturated carbocycles. The molecule has 0 unspecified atom stereocenters. The van der Waals surface area contributed by atoms with Gasteiger partial charge >= 0.3 is 0 Å². The third-order valence-electron chi connectivity index (χ3n) is 1.46. The van der Waals surface area contributed by atoms with Crippen LogP contribution in [0.25, 0.3) is 0 Å². The minimum absolute atomic E-state index is 0.245. The second-order valence-electron chi connectivity index (χ2n) is 2.26. The number of rotatable bonds is 2. The number of aromatic hydroxyl groups is 1. The molecule has 0 fully saturated rings. The SMILES string of the molecule is Oc1c(CBr)ncc(C(F)F)c1Cl. The van der Waals surface area contributed by atoms with Crippen molar-refractivity contribution >= 4 is 27.5 Å². The lowest BCUT2D eigenvalue weighted by Crippen LogP contribution is -1.93. The Bertz CT molecular complexity index is 322. The third kappa shape index (κ3) is 2.08. The van der Waals surface area contributed by atoms with Crippen LogP contribution in [0.5, 0.6) is 5.75 Å². The van der Waals surface area contributed by atoms with E-state index in [0.717, 1.165) is 6.20 Å². The van der Waals surface area contributed by atoms with E-state index >= 15 is 0 Å². The van der Waals surface area contributed by atoms with E-state index in [4.69, 9.17) is 11.6 Å². The van der Waals surface area contributed by atoms with Crippen molar-refractivity contribution in [3.05, 3.63) is 22.5 Å². The number of pyridine rings is 1. The van der Waals surface area contributed by atoms with Crippen LogP contribution in [0.15, 0.2) is 6.20 Å². The molecule has 1 rings (SSSR count). The fraction of sp³-hybridized carbons (Fsp3) is 0.286. The average molecular weight is 272 g/mol. The second-order valence-corrected chi connectivity index (χ2v) is 3.20. The highest BCUT2D eigenvalue weighted by atomic mass is 79.9. The van der Waals surface area contributed by atoms with Crippen LogP contribution in [0.1, 0.15) is 17.7 Å². The molecule has 72 valence electrons. The molecule has 0 saturated heterocycles. The fourth-order valence-electron chi connectivity index (χ4n) is 0.779. The first-order valence-electron chi connectivity index (χ1n) is 3.28. The van der Waals surface area contributed by atoms with Crippen LogP contribution in [0.2, 0.25) is 5.02 Å². The molecule has 0 atom stereocenters. The number of halogens is 4. The molecule has 0 aromatic carbocycles. The smallest absolute Gasteiger partial charge is 0.266 e. The van der Waals surface area contributed by atoms with Gasteiger partial charge in [0, 0.05) is 11.5 Å². The van der Waals surface area contributed by atoms with Crippen LogP contribution in [0.3, 0.4) is 0 Å². The van der Waals surface area contributed by atoms with Gasteiger partial charge < -0.3 is 5.11 Å². The molecule has 0 spiro atoms. The Kier molecular flexibility index (Phi) is 3.44. The van der Waals surface area contributed by atoms with Gasteiger partial charge in [-0.05, 0) is 0 Å². The van der Waals surface area contributed by atoms with Gasteiger partial charge in [0.25, 0.3) is 6.43 Å². The maximum Gasteiger partial charge on any atom is 0.266 e. The van der Waals surface area contributed by atoms with E-state index in [9.17, 15) is 13.9 Å². The summed E-state index contributed by atoms with van der Waals surface area (Å²) in [5.41, 5.74) is -0.210. The zero-order valence-corrected chi connectivity index (χ0v) is 8.61. The Morgan fingerprint density at radius 1 is 1.62 bits per heavy atom. The average Bonchev–Trinajstić information content (AvgIpc) is 2.09. The van der Waals surface area contributed by atoms with Crippen molar-refractivity contribution in [3.8, 4) is 5.75 Å². The summed E-state index contributed by atoms with van der Waals surface area (Å²) in [5, 5.41) is 9.20. The van der Waals surface area contributed by atoms with E-state index in [1.807, 2.05) is 0 Å². The number of alkyl halides is 3. The summed E-state index contributed by atoms with van der Waals surface area (Å²) in [6.45, 7) is 0. The van der Waals surface area contributed by atoms with Crippen molar-refractivity contribution in [2.75, 3.05) is 0 Å². The molecule has 1 heterocycles. The molecule has 2 nitrogen and oxygen atoms in total. The molecule has 0 aliphatic rings. The van der Waals surface area contributed by atoms with E-state index in [2.05, 4.69) is 20.9 Å². The summed E-state index contributed by atoms with van der Waals surface area (Å²) >= 11 is 8.52. The summed E-state index contributed by atoms with van der Waals surface area (Å²) in [6.07, 6.45) is -1.76. The first kappa shape index (κ1) is 10.7. The van der Waals surface area contributed by atoms with Crippen molar-refractivity contribution in [3.63, 3.8) is 0 Å². The molecular weight excluding hydrogens is 267 g/mol. The fourth-order valence-corrected chi connectivity index (χ4v) is 1.43. The quantitative estimate of drug-likeness (QED) is 0.838. The summed E-state index contributed by atoms with van der Waals surface area (Å²) in [5.74, 6) is -0.392. The molecule has 13 heavy (non-hydrogen) atoms. The predicted molar refractivity (Wildman–Crippen MR) is 48.5 cm³/mol. The van der Waals surface area contributed by atoms with E-state index in [0.29, 0.717) is 0 Å². The van der Waals surface area contributed by atoms with E-state index in [1.165, 1.54) is 0 Å². The summed E-state index contributed by atoms with van der Waals surface area (Å²) in [4.78, 5) is 3.62. The van der Waals surface area contributed by atoms with Gasteiger partial charge in [-0.25, -0.2) is 8.78 Å². The summed E-state index contributed by atoms with van der Waals surface area (Å²) in [7, 11) is 0. The molecule has 1 N–H and O–H groups in total. The van der Waals surface area contributed by atoms with Gasteiger partial charge in [-0.1, -0.05) is 27.5 Å². The number of hydrogen-bond acceptors (Lipinski definition) is 2. The highest BCUT2D eigenvalue weighted by Gasteiger charge is 2.17. The highest BCUT2D eigenvalue weighted by molar-refractivity contribution is 9.08. The second kappa shape index (κ2) is 4.19. The molecule has 0 bridgehead atoms. The van der Waals surface area contributed by atoms with Crippen molar-refractivity contribution in [2.45, 2.75) is 11.8 Å². The molecule has 1 aromatic rings. The van der Waals surface area contributed by atoms with Gasteiger partial charge in [0.05, 0.1) is 16.3 Å². The minimum Gasteiger partial charge on any atom is -0.504 e. The van der Waals surface area contributed by atoms with Crippen molar-refractivity contribution in [2.24, 2.45) is 0 Å². The lowest BCUT2D eigenvalue weighted by Gasteiger charge is -2.06. The van der Waals surface area contributed by atoms with Gasteiger partial charge in [-0.2, -0.15) is 0 Å². The largest absolute Gasteiger partial charge is 0.504 e. The third-order valence-corrected chi connectivity index (χ3v) is 2.38. The van der Waals surface area contributed by atoms with Crippen molar-refractivity contribution in [1.82, 2.24) is 4.98 Å². The maximum absolute atomic E-state index is 12.2. The predicted octanol–water partition coefficient (Wildman–Crippen LogP) is 3.27. The molecule has 6 heteroatoms. The first-order chi connectivity index (χ1) is 6.07. The van der Waals surface area contributed by atoms with Crippen LogP contribution in [-0.2, 0) is 5.33 Å².